The standard InChI is InChI=1S/C19H19NO2S2/c21-24(22,19-12-11-16-7-4-5-8-17(16)15-19)20-13-6-14-23-18-9-2-1-3-10-18/h1-5,7-12,15,20H,6,13-14H2. The average molecular weight is 358 g/mol. The van der Waals surface area contributed by atoms with Crippen LogP contribution in [0.15, 0.2) is 82.6 Å². The van der Waals surface area contributed by atoms with E-state index < -0.39 is 10.0 Å². The summed E-state index contributed by atoms with van der Waals surface area (Å²) in [5.74, 6) is 0.879. The summed E-state index contributed by atoms with van der Waals surface area (Å²) in [6, 6.07) is 23.1. The van der Waals surface area contributed by atoms with Gasteiger partial charge in [-0.3, -0.25) is 0 Å². The Morgan fingerprint density at radius 1 is 0.833 bits per heavy atom. The average Bonchev–Trinajstić information content (AvgIpc) is 2.62. The Labute approximate surface area is 147 Å². The highest BCUT2D eigenvalue weighted by Crippen LogP contribution is 2.19. The number of rotatable bonds is 7. The SMILES string of the molecule is O=S(=O)(NCCCSc1ccccc1)c1ccc2ccccc2c1. The third-order valence-electron chi connectivity index (χ3n) is 3.66. The van der Waals surface area contributed by atoms with Crippen LogP contribution in [0.3, 0.4) is 0 Å². The Balaban J connectivity index is 1.55. The molecule has 0 unspecified atom stereocenters. The van der Waals surface area contributed by atoms with E-state index in [9.17, 15) is 8.42 Å². The van der Waals surface area contributed by atoms with E-state index in [4.69, 9.17) is 0 Å². The minimum absolute atomic E-state index is 0.317. The lowest BCUT2D eigenvalue weighted by Crippen LogP contribution is -2.25. The molecule has 5 heteroatoms. The summed E-state index contributed by atoms with van der Waals surface area (Å²) < 4.78 is 27.5. The zero-order chi connectivity index (χ0) is 16.8. The van der Waals surface area contributed by atoms with Gasteiger partial charge in [0.15, 0.2) is 0 Å². The fourth-order valence-electron chi connectivity index (χ4n) is 2.40. The first-order chi connectivity index (χ1) is 11.6. The molecular formula is C19H19NO2S2. The van der Waals surface area contributed by atoms with Crippen LogP contribution in [0.2, 0.25) is 0 Å². The quantitative estimate of drug-likeness (QED) is 0.506. The molecule has 24 heavy (non-hydrogen) atoms. The molecule has 3 aromatic carbocycles. The Morgan fingerprint density at radius 2 is 1.54 bits per heavy atom. The van der Waals surface area contributed by atoms with Crippen molar-refractivity contribution in [3.8, 4) is 0 Å². The van der Waals surface area contributed by atoms with Crippen molar-refractivity contribution in [3.63, 3.8) is 0 Å². The van der Waals surface area contributed by atoms with E-state index in [1.165, 1.54) is 4.90 Å². The van der Waals surface area contributed by atoms with E-state index in [-0.39, 0.29) is 0 Å². The maximum absolute atomic E-state index is 12.4. The topological polar surface area (TPSA) is 46.2 Å². The molecule has 3 nitrogen and oxygen atoms in total. The molecule has 0 aliphatic heterocycles. The highest BCUT2D eigenvalue weighted by Gasteiger charge is 2.13. The van der Waals surface area contributed by atoms with Gasteiger partial charge in [-0.2, -0.15) is 0 Å². The molecule has 0 fully saturated rings. The van der Waals surface area contributed by atoms with Crippen LogP contribution in [-0.4, -0.2) is 20.7 Å². The summed E-state index contributed by atoms with van der Waals surface area (Å²) in [6.07, 6.45) is 0.784. The smallest absolute Gasteiger partial charge is 0.211 e. The number of fused-ring (bicyclic) bond motifs is 1. The van der Waals surface area contributed by atoms with Gasteiger partial charge in [-0.25, -0.2) is 13.1 Å². The molecule has 1 N–H and O–H groups in total. The summed E-state index contributed by atoms with van der Waals surface area (Å²) in [5, 5.41) is 1.97. The molecule has 0 atom stereocenters. The van der Waals surface area contributed by atoms with Crippen LogP contribution in [0, 0.1) is 0 Å². The second-order valence-electron chi connectivity index (χ2n) is 5.42. The number of sulfonamides is 1. The molecule has 124 valence electrons. The van der Waals surface area contributed by atoms with E-state index >= 15 is 0 Å². The van der Waals surface area contributed by atoms with E-state index in [1.807, 2.05) is 48.5 Å². The van der Waals surface area contributed by atoms with Gasteiger partial charge in [-0.05, 0) is 47.2 Å². The largest absolute Gasteiger partial charge is 0.240 e. The van der Waals surface area contributed by atoms with Crippen LogP contribution in [0.1, 0.15) is 6.42 Å². The molecule has 0 aromatic heterocycles. The Morgan fingerprint density at radius 3 is 2.33 bits per heavy atom. The summed E-state index contributed by atoms with van der Waals surface area (Å²) >= 11 is 1.73. The van der Waals surface area contributed by atoms with Gasteiger partial charge in [-0.1, -0.05) is 48.5 Å². The van der Waals surface area contributed by atoms with E-state index in [1.54, 1.807) is 23.9 Å². The van der Waals surface area contributed by atoms with Gasteiger partial charge in [0.1, 0.15) is 0 Å². The molecule has 3 rings (SSSR count). The molecule has 3 aromatic rings. The first-order valence-electron chi connectivity index (χ1n) is 7.81. The van der Waals surface area contributed by atoms with Gasteiger partial charge in [0.05, 0.1) is 4.90 Å². The number of hydrogen-bond acceptors (Lipinski definition) is 3. The predicted octanol–water partition coefficient (Wildman–Crippen LogP) is 4.30. The molecule has 0 aliphatic carbocycles. The first-order valence-corrected chi connectivity index (χ1v) is 10.3. The monoisotopic (exact) mass is 357 g/mol. The van der Waals surface area contributed by atoms with Crippen molar-refractivity contribution in [2.45, 2.75) is 16.2 Å². The second-order valence-corrected chi connectivity index (χ2v) is 8.36. The van der Waals surface area contributed by atoms with Crippen molar-refractivity contribution in [3.05, 3.63) is 72.8 Å². The first kappa shape index (κ1) is 17.0. The van der Waals surface area contributed by atoms with Crippen LogP contribution in [0.4, 0.5) is 0 Å². The van der Waals surface area contributed by atoms with Crippen LogP contribution >= 0.6 is 11.8 Å². The van der Waals surface area contributed by atoms with Gasteiger partial charge in [0, 0.05) is 11.4 Å². The maximum Gasteiger partial charge on any atom is 0.240 e. The molecule has 0 heterocycles. The molecule has 0 aliphatic rings. The fraction of sp³-hybridized carbons (Fsp3) is 0.158. The summed E-state index contributed by atoms with van der Waals surface area (Å²) in [5.41, 5.74) is 0. The van der Waals surface area contributed by atoms with Crippen molar-refractivity contribution >= 4 is 32.6 Å². The Hall–Kier alpha value is -1.82. The van der Waals surface area contributed by atoms with Crippen molar-refractivity contribution in [1.29, 1.82) is 0 Å². The number of hydrogen-bond donors (Lipinski definition) is 1. The van der Waals surface area contributed by atoms with Gasteiger partial charge in [0.2, 0.25) is 10.0 Å². The second kappa shape index (κ2) is 7.83. The predicted molar refractivity (Wildman–Crippen MR) is 101 cm³/mol. The van der Waals surface area contributed by atoms with Crippen molar-refractivity contribution < 1.29 is 8.42 Å². The lowest BCUT2D eigenvalue weighted by molar-refractivity contribution is 0.581. The van der Waals surface area contributed by atoms with E-state index in [2.05, 4.69) is 16.9 Å². The summed E-state index contributed by atoms with van der Waals surface area (Å²) in [6.45, 7) is 0.439. The molecular weight excluding hydrogens is 338 g/mol. The Bertz CT molecular complexity index is 909. The summed E-state index contributed by atoms with van der Waals surface area (Å²) in [7, 11) is -3.46. The molecule has 0 saturated carbocycles. The third-order valence-corrected chi connectivity index (χ3v) is 6.21. The van der Waals surface area contributed by atoms with Crippen LogP contribution in [-0.2, 0) is 10.0 Å². The van der Waals surface area contributed by atoms with Gasteiger partial charge >= 0.3 is 0 Å². The van der Waals surface area contributed by atoms with Gasteiger partial charge in [-0.15, -0.1) is 11.8 Å². The highest BCUT2D eigenvalue weighted by atomic mass is 32.2. The summed E-state index contributed by atoms with van der Waals surface area (Å²) in [4.78, 5) is 1.52. The van der Waals surface area contributed by atoms with E-state index in [0.717, 1.165) is 22.9 Å². The van der Waals surface area contributed by atoms with Crippen LogP contribution in [0.25, 0.3) is 10.8 Å². The molecule has 0 amide bonds. The number of nitrogens with one attached hydrogen (secondary N) is 1. The van der Waals surface area contributed by atoms with Crippen LogP contribution in [0.5, 0.6) is 0 Å². The number of thioether (sulfide) groups is 1. The molecule has 0 saturated heterocycles. The zero-order valence-corrected chi connectivity index (χ0v) is 14.8. The highest BCUT2D eigenvalue weighted by molar-refractivity contribution is 7.99. The van der Waals surface area contributed by atoms with Crippen molar-refractivity contribution in [2.24, 2.45) is 0 Å². The molecule has 0 radical (unpaired) electrons. The number of benzene rings is 3. The minimum Gasteiger partial charge on any atom is -0.211 e. The third kappa shape index (κ3) is 4.38. The fourth-order valence-corrected chi connectivity index (χ4v) is 4.39. The Kier molecular flexibility index (Phi) is 5.56. The lowest BCUT2D eigenvalue weighted by atomic mass is 10.1. The minimum atomic E-state index is -3.46. The lowest BCUT2D eigenvalue weighted by Gasteiger charge is -2.08. The maximum atomic E-state index is 12.4. The van der Waals surface area contributed by atoms with E-state index in [0.29, 0.717) is 11.4 Å². The zero-order valence-electron chi connectivity index (χ0n) is 13.2. The van der Waals surface area contributed by atoms with Crippen molar-refractivity contribution in [1.82, 2.24) is 4.72 Å². The van der Waals surface area contributed by atoms with Gasteiger partial charge < -0.3 is 0 Å². The van der Waals surface area contributed by atoms with Gasteiger partial charge in [0.25, 0.3) is 0 Å². The van der Waals surface area contributed by atoms with Crippen LogP contribution < -0.4 is 4.72 Å². The molecule has 0 bridgehead atoms. The molecule has 0 spiro atoms. The van der Waals surface area contributed by atoms with Crippen molar-refractivity contribution in [2.75, 3.05) is 12.3 Å². The normalized spacial score (nSPS) is 11.7.